The molecule has 4 nitrogen and oxygen atoms in total. The molecule has 0 amide bonds. The zero-order chi connectivity index (χ0) is 12.1. The summed E-state index contributed by atoms with van der Waals surface area (Å²) in [6.45, 7) is 3.41. The van der Waals surface area contributed by atoms with Crippen LogP contribution >= 0.6 is 0 Å². The molecule has 0 aliphatic carbocycles. The first-order valence-electron chi connectivity index (χ1n) is 5.98. The molecule has 90 valence electrons. The SMILES string of the molecule is CCc1ccc(C#N)c(OC2CCCOC2)n1. The van der Waals surface area contributed by atoms with Crippen molar-refractivity contribution in [3.8, 4) is 11.9 Å². The van der Waals surface area contributed by atoms with Gasteiger partial charge in [-0.3, -0.25) is 0 Å². The van der Waals surface area contributed by atoms with E-state index in [0.29, 0.717) is 18.1 Å². The van der Waals surface area contributed by atoms with Gasteiger partial charge < -0.3 is 9.47 Å². The molecule has 4 heteroatoms. The maximum absolute atomic E-state index is 9.01. The highest BCUT2D eigenvalue weighted by Gasteiger charge is 2.18. The van der Waals surface area contributed by atoms with Gasteiger partial charge in [0.25, 0.3) is 0 Å². The molecule has 1 unspecified atom stereocenters. The zero-order valence-electron chi connectivity index (χ0n) is 9.98. The number of ether oxygens (including phenoxy) is 2. The van der Waals surface area contributed by atoms with Crippen LogP contribution in [0.15, 0.2) is 12.1 Å². The summed E-state index contributed by atoms with van der Waals surface area (Å²) in [6.07, 6.45) is 2.82. The molecule has 0 radical (unpaired) electrons. The molecule has 0 bridgehead atoms. The van der Waals surface area contributed by atoms with Crippen LogP contribution in [0.5, 0.6) is 5.88 Å². The molecule has 1 atom stereocenters. The number of aryl methyl sites for hydroxylation is 1. The Bertz CT molecular complexity index is 420. The summed E-state index contributed by atoms with van der Waals surface area (Å²) in [7, 11) is 0. The summed E-state index contributed by atoms with van der Waals surface area (Å²) in [5.41, 5.74) is 1.43. The number of pyridine rings is 1. The van der Waals surface area contributed by atoms with Gasteiger partial charge in [0.2, 0.25) is 5.88 Å². The fourth-order valence-corrected chi connectivity index (χ4v) is 1.81. The summed E-state index contributed by atoms with van der Waals surface area (Å²) < 4.78 is 11.1. The lowest BCUT2D eigenvalue weighted by molar-refractivity contribution is 0.00530. The van der Waals surface area contributed by atoms with Gasteiger partial charge in [-0.1, -0.05) is 6.92 Å². The number of hydrogen-bond donors (Lipinski definition) is 0. The molecule has 1 aromatic rings. The van der Waals surface area contributed by atoms with E-state index in [-0.39, 0.29) is 6.10 Å². The quantitative estimate of drug-likeness (QED) is 0.800. The minimum atomic E-state index is 0.0236. The molecule has 0 aromatic carbocycles. The molecular formula is C13H16N2O2. The summed E-state index contributed by atoms with van der Waals surface area (Å²) in [5.74, 6) is 0.447. The smallest absolute Gasteiger partial charge is 0.232 e. The first-order chi connectivity index (χ1) is 8.33. The third-order valence-electron chi connectivity index (χ3n) is 2.80. The molecule has 1 saturated heterocycles. The predicted molar refractivity (Wildman–Crippen MR) is 62.8 cm³/mol. The molecule has 0 spiro atoms. The molecule has 1 fully saturated rings. The van der Waals surface area contributed by atoms with Crippen LogP contribution in [0.4, 0.5) is 0 Å². The largest absolute Gasteiger partial charge is 0.471 e. The molecule has 2 rings (SSSR count). The minimum Gasteiger partial charge on any atom is -0.471 e. The van der Waals surface area contributed by atoms with Crippen molar-refractivity contribution in [1.82, 2.24) is 4.98 Å². The van der Waals surface area contributed by atoms with Gasteiger partial charge in [0.15, 0.2) is 0 Å². The van der Waals surface area contributed by atoms with E-state index in [9.17, 15) is 0 Å². The lowest BCUT2D eigenvalue weighted by Gasteiger charge is -2.23. The maximum atomic E-state index is 9.01. The number of hydrogen-bond acceptors (Lipinski definition) is 4. The van der Waals surface area contributed by atoms with E-state index in [4.69, 9.17) is 14.7 Å². The fraction of sp³-hybridized carbons (Fsp3) is 0.538. The van der Waals surface area contributed by atoms with Crippen LogP contribution < -0.4 is 4.74 Å². The third-order valence-corrected chi connectivity index (χ3v) is 2.80. The number of rotatable bonds is 3. The first-order valence-corrected chi connectivity index (χ1v) is 5.98. The average Bonchev–Trinajstić information content (AvgIpc) is 2.40. The van der Waals surface area contributed by atoms with E-state index >= 15 is 0 Å². The number of nitriles is 1. The van der Waals surface area contributed by atoms with E-state index in [1.165, 1.54) is 0 Å². The lowest BCUT2D eigenvalue weighted by atomic mass is 10.2. The van der Waals surface area contributed by atoms with Gasteiger partial charge in [0.05, 0.1) is 6.61 Å². The summed E-state index contributed by atoms with van der Waals surface area (Å²) in [5, 5.41) is 9.01. The van der Waals surface area contributed by atoms with Gasteiger partial charge in [0, 0.05) is 12.3 Å². The van der Waals surface area contributed by atoms with Crippen LogP contribution in [0.2, 0.25) is 0 Å². The molecule has 17 heavy (non-hydrogen) atoms. The Morgan fingerprint density at radius 3 is 3.12 bits per heavy atom. The molecule has 0 saturated carbocycles. The minimum absolute atomic E-state index is 0.0236. The van der Waals surface area contributed by atoms with Crippen molar-refractivity contribution in [2.75, 3.05) is 13.2 Å². The highest BCUT2D eigenvalue weighted by molar-refractivity contribution is 5.38. The Balaban J connectivity index is 2.14. The van der Waals surface area contributed by atoms with Crippen molar-refractivity contribution in [3.05, 3.63) is 23.4 Å². The molecule has 1 aromatic heterocycles. The van der Waals surface area contributed by atoms with Crippen molar-refractivity contribution in [2.24, 2.45) is 0 Å². The molecule has 2 heterocycles. The second-order valence-electron chi connectivity index (χ2n) is 4.08. The van der Waals surface area contributed by atoms with Crippen LogP contribution in [-0.2, 0) is 11.2 Å². The molecule has 0 N–H and O–H groups in total. The lowest BCUT2D eigenvalue weighted by Crippen LogP contribution is -2.28. The van der Waals surface area contributed by atoms with Crippen molar-refractivity contribution in [2.45, 2.75) is 32.3 Å². The highest BCUT2D eigenvalue weighted by atomic mass is 16.5. The zero-order valence-corrected chi connectivity index (χ0v) is 9.98. The van der Waals surface area contributed by atoms with Crippen molar-refractivity contribution >= 4 is 0 Å². The van der Waals surface area contributed by atoms with Crippen molar-refractivity contribution in [3.63, 3.8) is 0 Å². The maximum Gasteiger partial charge on any atom is 0.232 e. The Hall–Kier alpha value is -1.60. The van der Waals surface area contributed by atoms with E-state index in [1.807, 2.05) is 13.0 Å². The summed E-state index contributed by atoms with van der Waals surface area (Å²) in [4.78, 5) is 4.36. The molecule has 1 aliphatic heterocycles. The average molecular weight is 232 g/mol. The highest BCUT2D eigenvalue weighted by Crippen LogP contribution is 2.20. The van der Waals surface area contributed by atoms with Crippen molar-refractivity contribution < 1.29 is 9.47 Å². The van der Waals surface area contributed by atoms with Crippen LogP contribution in [0.1, 0.15) is 31.0 Å². The Labute approximate surface area is 101 Å². The monoisotopic (exact) mass is 232 g/mol. The first kappa shape index (κ1) is 11.9. The van der Waals surface area contributed by atoms with Gasteiger partial charge in [-0.25, -0.2) is 4.98 Å². The summed E-state index contributed by atoms with van der Waals surface area (Å²) in [6, 6.07) is 5.74. The van der Waals surface area contributed by atoms with Crippen molar-refractivity contribution in [1.29, 1.82) is 5.26 Å². The molecular weight excluding hydrogens is 216 g/mol. The third kappa shape index (κ3) is 2.95. The number of aromatic nitrogens is 1. The predicted octanol–water partition coefficient (Wildman–Crippen LogP) is 2.07. The second kappa shape index (κ2) is 5.65. The Kier molecular flexibility index (Phi) is 3.94. The van der Waals surface area contributed by atoms with Crippen LogP contribution in [0.25, 0.3) is 0 Å². The normalized spacial score (nSPS) is 19.6. The van der Waals surface area contributed by atoms with Crippen LogP contribution in [-0.4, -0.2) is 24.3 Å². The fourth-order valence-electron chi connectivity index (χ4n) is 1.81. The topological polar surface area (TPSA) is 55.1 Å². The van der Waals surface area contributed by atoms with Gasteiger partial charge in [-0.2, -0.15) is 5.26 Å². The number of nitrogens with zero attached hydrogens (tertiary/aromatic N) is 2. The Morgan fingerprint density at radius 2 is 2.47 bits per heavy atom. The van der Waals surface area contributed by atoms with Gasteiger partial charge in [-0.15, -0.1) is 0 Å². The van der Waals surface area contributed by atoms with Gasteiger partial charge >= 0.3 is 0 Å². The van der Waals surface area contributed by atoms with E-state index < -0.39 is 0 Å². The standard InChI is InChI=1S/C13H16N2O2/c1-2-11-6-5-10(8-14)13(15-11)17-12-4-3-7-16-9-12/h5-6,12H,2-4,7,9H2,1H3. The van der Waals surface area contributed by atoms with Crippen LogP contribution in [0.3, 0.4) is 0 Å². The van der Waals surface area contributed by atoms with E-state index in [1.54, 1.807) is 6.07 Å². The second-order valence-corrected chi connectivity index (χ2v) is 4.08. The summed E-state index contributed by atoms with van der Waals surface area (Å²) >= 11 is 0. The van der Waals surface area contributed by atoms with Gasteiger partial charge in [-0.05, 0) is 31.4 Å². The van der Waals surface area contributed by atoms with E-state index in [2.05, 4.69) is 11.1 Å². The van der Waals surface area contributed by atoms with E-state index in [0.717, 1.165) is 31.6 Å². The van der Waals surface area contributed by atoms with Gasteiger partial charge in [0.1, 0.15) is 17.7 Å². The van der Waals surface area contributed by atoms with Crippen LogP contribution in [0, 0.1) is 11.3 Å². The molecule has 1 aliphatic rings. The Morgan fingerprint density at radius 1 is 1.59 bits per heavy atom.